The summed E-state index contributed by atoms with van der Waals surface area (Å²) in [6.07, 6.45) is 1.16. The van der Waals surface area contributed by atoms with Crippen LogP contribution in [0.3, 0.4) is 0 Å². The summed E-state index contributed by atoms with van der Waals surface area (Å²) in [5.74, 6) is -0.167. The van der Waals surface area contributed by atoms with E-state index in [1.807, 2.05) is 19.2 Å². The molecular formula is C16H19FN2OS. The van der Waals surface area contributed by atoms with Gasteiger partial charge in [-0.25, -0.2) is 9.37 Å². The van der Waals surface area contributed by atoms with Crippen molar-refractivity contribution in [2.45, 2.75) is 32.6 Å². The van der Waals surface area contributed by atoms with Crippen molar-refractivity contribution in [2.75, 3.05) is 6.54 Å². The van der Waals surface area contributed by atoms with Crippen LogP contribution >= 0.6 is 11.3 Å². The summed E-state index contributed by atoms with van der Waals surface area (Å²) < 4.78 is 12.9. The Labute approximate surface area is 128 Å². The molecule has 5 heteroatoms. The highest BCUT2D eigenvalue weighted by atomic mass is 32.1. The molecule has 1 unspecified atom stereocenters. The van der Waals surface area contributed by atoms with Gasteiger partial charge in [0.05, 0.1) is 10.7 Å². The molecule has 0 aliphatic rings. The Balaban J connectivity index is 1.75. The first kappa shape index (κ1) is 15.6. The van der Waals surface area contributed by atoms with Gasteiger partial charge in [-0.1, -0.05) is 19.1 Å². The van der Waals surface area contributed by atoms with Crippen molar-refractivity contribution in [1.29, 1.82) is 0 Å². The van der Waals surface area contributed by atoms with Gasteiger partial charge in [-0.2, -0.15) is 0 Å². The molecule has 1 atom stereocenters. The maximum absolute atomic E-state index is 12.9. The number of amides is 1. The van der Waals surface area contributed by atoms with E-state index in [0.29, 0.717) is 13.0 Å². The number of nitrogens with zero attached hydrogens (tertiary/aromatic N) is 1. The zero-order valence-electron chi connectivity index (χ0n) is 12.2. The number of halogens is 1. The number of carbonyl (C=O) groups excluding carboxylic acids is 1. The second-order valence-corrected chi connectivity index (χ2v) is 6.18. The fourth-order valence-electron chi connectivity index (χ4n) is 2.11. The molecule has 112 valence electrons. The minimum absolute atomic E-state index is 0.0128. The third kappa shape index (κ3) is 4.93. The first-order chi connectivity index (χ1) is 10.0. The summed E-state index contributed by atoms with van der Waals surface area (Å²) in [5, 5.41) is 5.96. The largest absolute Gasteiger partial charge is 0.356 e. The molecule has 21 heavy (non-hydrogen) atoms. The summed E-state index contributed by atoms with van der Waals surface area (Å²) in [6.45, 7) is 4.53. The molecule has 1 heterocycles. The van der Waals surface area contributed by atoms with Crippen LogP contribution in [0.5, 0.6) is 0 Å². The van der Waals surface area contributed by atoms with E-state index in [1.54, 1.807) is 23.5 Å². The van der Waals surface area contributed by atoms with Gasteiger partial charge in [-0.05, 0) is 30.5 Å². The lowest BCUT2D eigenvalue weighted by Gasteiger charge is -2.11. The Hall–Kier alpha value is -1.75. The van der Waals surface area contributed by atoms with Crippen LogP contribution in [0.15, 0.2) is 29.6 Å². The number of aryl methyl sites for hydroxylation is 1. The number of carbonyl (C=O) groups is 1. The summed E-state index contributed by atoms with van der Waals surface area (Å²) >= 11 is 1.62. The monoisotopic (exact) mass is 306 g/mol. The SMILES string of the molecule is Cc1nc(CCNC(=O)CC(C)c2ccc(F)cc2)cs1. The predicted molar refractivity (Wildman–Crippen MR) is 83.0 cm³/mol. The van der Waals surface area contributed by atoms with Gasteiger partial charge in [-0.15, -0.1) is 11.3 Å². The van der Waals surface area contributed by atoms with Crippen molar-refractivity contribution in [3.8, 4) is 0 Å². The Bertz CT molecular complexity index is 595. The number of rotatable bonds is 6. The van der Waals surface area contributed by atoms with Crippen LogP contribution in [0, 0.1) is 12.7 Å². The van der Waals surface area contributed by atoms with Crippen molar-refractivity contribution >= 4 is 17.2 Å². The van der Waals surface area contributed by atoms with Crippen LogP contribution in [-0.4, -0.2) is 17.4 Å². The molecule has 1 N–H and O–H groups in total. The highest BCUT2D eigenvalue weighted by Crippen LogP contribution is 2.19. The molecule has 2 rings (SSSR count). The molecule has 2 aromatic rings. The lowest BCUT2D eigenvalue weighted by atomic mass is 9.97. The van der Waals surface area contributed by atoms with Crippen molar-refractivity contribution in [3.05, 3.63) is 51.7 Å². The maximum Gasteiger partial charge on any atom is 0.220 e. The lowest BCUT2D eigenvalue weighted by Crippen LogP contribution is -2.26. The van der Waals surface area contributed by atoms with E-state index in [9.17, 15) is 9.18 Å². The van der Waals surface area contributed by atoms with E-state index in [1.165, 1.54) is 12.1 Å². The quantitative estimate of drug-likeness (QED) is 0.888. The van der Waals surface area contributed by atoms with Crippen molar-refractivity contribution in [3.63, 3.8) is 0 Å². The second-order valence-electron chi connectivity index (χ2n) is 5.11. The number of nitrogens with one attached hydrogen (secondary N) is 1. The van der Waals surface area contributed by atoms with E-state index < -0.39 is 0 Å². The van der Waals surface area contributed by atoms with Gasteiger partial charge in [-0.3, -0.25) is 4.79 Å². The average molecular weight is 306 g/mol. The van der Waals surface area contributed by atoms with Crippen LogP contribution in [-0.2, 0) is 11.2 Å². The van der Waals surface area contributed by atoms with Crippen molar-refractivity contribution < 1.29 is 9.18 Å². The zero-order valence-corrected chi connectivity index (χ0v) is 13.0. The van der Waals surface area contributed by atoms with Gasteiger partial charge >= 0.3 is 0 Å². The normalized spacial score (nSPS) is 12.1. The molecule has 0 saturated carbocycles. The number of benzene rings is 1. The smallest absolute Gasteiger partial charge is 0.220 e. The summed E-state index contributed by atoms with van der Waals surface area (Å²) in [7, 11) is 0. The Morgan fingerprint density at radius 3 is 2.71 bits per heavy atom. The van der Waals surface area contributed by atoms with Gasteiger partial charge in [0.2, 0.25) is 5.91 Å². The van der Waals surface area contributed by atoms with Gasteiger partial charge in [0.25, 0.3) is 0 Å². The highest BCUT2D eigenvalue weighted by molar-refractivity contribution is 7.09. The van der Waals surface area contributed by atoms with E-state index in [2.05, 4.69) is 10.3 Å². The van der Waals surface area contributed by atoms with Gasteiger partial charge in [0.1, 0.15) is 5.82 Å². The van der Waals surface area contributed by atoms with E-state index in [4.69, 9.17) is 0 Å². The molecule has 0 spiro atoms. The molecule has 1 amide bonds. The van der Waals surface area contributed by atoms with Crippen molar-refractivity contribution in [2.24, 2.45) is 0 Å². The maximum atomic E-state index is 12.9. The van der Waals surface area contributed by atoms with Gasteiger partial charge in [0.15, 0.2) is 0 Å². The molecule has 0 bridgehead atoms. The number of thiazole rings is 1. The minimum Gasteiger partial charge on any atom is -0.356 e. The lowest BCUT2D eigenvalue weighted by molar-refractivity contribution is -0.121. The molecule has 0 radical (unpaired) electrons. The Morgan fingerprint density at radius 2 is 2.10 bits per heavy atom. The van der Waals surface area contributed by atoms with Gasteiger partial charge in [0, 0.05) is 24.8 Å². The standard InChI is InChI=1S/C16H19FN2OS/c1-11(13-3-5-14(17)6-4-13)9-16(20)18-8-7-15-10-21-12(2)19-15/h3-6,10-11H,7-9H2,1-2H3,(H,18,20). The predicted octanol–water partition coefficient (Wildman–Crippen LogP) is 3.44. The average Bonchev–Trinajstić information content (AvgIpc) is 2.85. The first-order valence-corrected chi connectivity index (χ1v) is 7.85. The highest BCUT2D eigenvalue weighted by Gasteiger charge is 2.11. The van der Waals surface area contributed by atoms with Crippen molar-refractivity contribution in [1.82, 2.24) is 10.3 Å². The van der Waals surface area contributed by atoms with Crippen LogP contribution in [0.25, 0.3) is 0 Å². The number of aromatic nitrogens is 1. The third-order valence-corrected chi connectivity index (χ3v) is 4.12. The first-order valence-electron chi connectivity index (χ1n) is 6.98. The summed E-state index contributed by atoms with van der Waals surface area (Å²) in [6, 6.07) is 6.30. The fraction of sp³-hybridized carbons (Fsp3) is 0.375. The van der Waals surface area contributed by atoms with Gasteiger partial charge < -0.3 is 5.32 Å². The molecule has 3 nitrogen and oxygen atoms in total. The van der Waals surface area contributed by atoms with E-state index in [0.717, 1.165) is 22.7 Å². The number of hydrogen-bond acceptors (Lipinski definition) is 3. The summed E-state index contributed by atoms with van der Waals surface area (Å²) in [4.78, 5) is 16.2. The van der Waals surface area contributed by atoms with E-state index in [-0.39, 0.29) is 17.6 Å². The topological polar surface area (TPSA) is 42.0 Å². The van der Waals surface area contributed by atoms with Crippen LogP contribution in [0.2, 0.25) is 0 Å². The Morgan fingerprint density at radius 1 is 1.38 bits per heavy atom. The molecule has 1 aromatic heterocycles. The molecule has 0 aliphatic heterocycles. The fourth-order valence-corrected chi connectivity index (χ4v) is 2.76. The third-order valence-electron chi connectivity index (χ3n) is 3.30. The minimum atomic E-state index is -0.256. The van der Waals surface area contributed by atoms with Crippen LogP contribution in [0.1, 0.15) is 35.5 Å². The second kappa shape index (κ2) is 7.31. The zero-order chi connectivity index (χ0) is 15.2. The molecule has 1 aromatic carbocycles. The van der Waals surface area contributed by atoms with Crippen LogP contribution in [0.4, 0.5) is 4.39 Å². The Kier molecular flexibility index (Phi) is 5.44. The number of hydrogen-bond donors (Lipinski definition) is 1. The van der Waals surface area contributed by atoms with Crippen LogP contribution < -0.4 is 5.32 Å². The molecular weight excluding hydrogens is 287 g/mol. The van der Waals surface area contributed by atoms with E-state index >= 15 is 0 Å². The molecule has 0 aliphatic carbocycles. The molecule has 0 fully saturated rings. The molecule has 0 saturated heterocycles. The summed E-state index contributed by atoms with van der Waals surface area (Å²) in [5.41, 5.74) is 1.99.